The summed E-state index contributed by atoms with van der Waals surface area (Å²) in [6, 6.07) is 10.3. The van der Waals surface area contributed by atoms with Gasteiger partial charge in [0, 0.05) is 18.1 Å². The monoisotopic (exact) mass is 340 g/mol. The fraction of sp³-hybridized carbons (Fsp3) is 0.389. The molecule has 0 N–H and O–H groups in total. The topological polar surface area (TPSA) is 75.2 Å². The zero-order chi connectivity index (χ0) is 17.1. The van der Waals surface area contributed by atoms with Gasteiger partial charge in [-0.3, -0.25) is 0 Å². The van der Waals surface area contributed by atoms with Crippen molar-refractivity contribution in [3.8, 4) is 17.1 Å². The molecule has 1 saturated heterocycles. The van der Waals surface area contributed by atoms with E-state index >= 15 is 0 Å². The maximum Gasteiger partial charge on any atom is 0.278 e. The summed E-state index contributed by atoms with van der Waals surface area (Å²) in [5.74, 6) is 0.794. The number of imidazole rings is 1. The highest BCUT2D eigenvalue weighted by molar-refractivity contribution is 5.62. The molecule has 0 spiro atoms. The largest absolute Gasteiger partial charge is 0.472 e. The summed E-state index contributed by atoms with van der Waals surface area (Å²) in [7, 11) is 0. The van der Waals surface area contributed by atoms with E-state index in [-0.39, 0.29) is 0 Å². The van der Waals surface area contributed by atoms with E-state index in [2.05, 4.69) is 36.6 Å². The van der Waals surface area contributed by atoms with Crippen LogP contribution in [0, 0.1) is 6.92 Å². The summed E-state index contributed by atoms with van der Waals surface area (Å²) in [5, 5.41) is 7.47. The van der Waals surface area contributed by atoms with Crippen LogP contribution in [-0.2, 0) is 11.3 Å². The van der Waals surface area contributed by atoms with Gasteiger partial charge in [0.25, 0.3) is 5.88 Å². The van der Waals surface area contributed by atoms with Crippen LogP contribution in [0.1, 0.15) is 23.7 Å². The molecule has 0 amide bonds. The van der Waals surface area contributed by atoms with Crippen molar-refractivity contribution in [3.05, 3.63) is 48.0 Å². The van der Waals surface area contributed by atoms with E-state index in [1.165, 1.54) is 5.69 Å². The summed E-state index contributed by atoms with van der Waals surface area (Å²) in [6.07, 6.45) is 2.89. The van der Waals surface area contributed by atoms with Crippen LogP contribution >= 0.6 is 0 Å². The van der Waals surface area contributed by atoms with Crippen molar-refractivity contribution in [2.45, 2.75) is 25.8 Å². The first-order valence-electron chi connectivity index (χ1n) is 8.43. The van der Waals surface area contributed by atoms with E-state index in [4.69, 9.17) is 9.47 Å². The van der Waals surface area contributed by atoms with Crippen molar-refractivity contribution >= 4 is 0 Å². The minimum Gasteiger partial charge on any atom is -0.472 e. The molecule has 1 aliphatic rings. The molecule has 1 fully saturated rings. The second-order valence-electron chi connectivity index (χ2n) is 6.10. The quantitative estimate of drug-likeness (QED) is 0.687. The van der Waals surface area contributed by atoms with Crippen LogP contribution in [0.2, 0.25) is 0 Å². The number of benzene rings is 1. The van der Waals surface area contributed by atoms with Crippen molar-refractivity contribution in [1.82, 2.24) is 19.9 Å². The number of hydrogen-bond acceptors (Lipinski definition) is 6. The third kappa shape index (κ3) is 3.28. The van der Waals surface area contributed by atoms with Crippen molar-refractivity contribution in [2.75, 3.05) is 19.8 Å². The Balaban J connectivity index is 1.56. The second kappa shape index (κ2) is 7.06. The van der Waals surface area contributed by atoms with Gasteiger partial charge < -0.3 is 14.0 Å². The number of hydrogen-bond donors (Lipinski definition) is 0. The van der Waals surface area contributed by atoms with Crippen LogP contribution in [0.15, 0.2) is 41.3 Å². The van der Waals surface area contributed by atoms with Gasteiger partial charge in [0.2, 0.25) is 0 Å². The summed E-state index contributed by atoms with van der Waals surface area (Å²) in [4.78, 5) is 4.67. The Morgan fingerprint density at radius 3 is 2.84 bits per heavy atom. The summed E-state index contributed by atoms with van der Waals surface area (Å²) in [5.41, 5.74) is 4.01. The molecule has 3 aromatic rings. The van der Waals surface area contributed by atoms with Crippen LogP contribution in [0.4, 0.5) is 0 Å². The number of aryl methyl sites for hydroxylation is 1. The van der Waals surface area contributed by atoms with Crippen LogP contribution in [0.25, 0.3) is 11.3 Å². The molecule has 2 aromatic heterocycles. The van der Waals surface area contributed by atoms with Gasteiger partial charge in [-0.25, -0.2) is 9.61 Å². The van der Waals surface area contributed by atoms with Gasteiger partial charge in [0.15, 0.2) is 0 Å². The molecule has 0 aliphatic carbocycles. The first-order chi connectivity index (χ1) is 12.3. The van der Waals surface area contributed by atoms with E-state index < -0.39 is 0 Å². The minimum absolute atomic E-state index is 0.355. The number of ether oxygens (including phenoxy) is 2. The summed E-state index contributed by atoms with van der Waals surface area (Å²) >= 11 is 0. The second-order valence-corrected chi connectivity index (χ2v) is 6.10. The molecule has 0 saturated carbocycles. The molecular formula is C18H20N4O3. The van der Waals surface area contributed by atoms with Crippen LogP contribution in [0.5, 0.6) is 5.88 Å². The van der Waals surface area contributed by atoms with E-state index in [9.17, 15) is 0 Å². The van der Waals surface area contributed by atoms with E-state index in [1.54, 1.807) is 6.92 Å². The smallest absolute Gasteiger partial charge is 0.278 e. The SMILES string of the molecule is Cc1nonc1OCCn1cnc(-c2ccccc2)c1C1CCOC1. The van der Waals surface area contributed by atoms with Gasteiger partial charge in [-0.1, -0.05) is 35.5 Å². The Morgan fingerprint density at radius 1 is 1.24 bits per heavy atom. The number of nitrogens with zero attached hydrogens (tertiary/aromatic N) is 4. The molecule has 1 aromatic carbocycles. The van der Waals surface area contributed by atoms with Crippen LogP contribution in [0.3, 0.4) is 0 Å². The van der Waals surface area contributed by atoms with E-state index in [0.717, 1.165) is 30.9 Å². The molecule has 0 radical (unpaired) electrons. The molecule has 7 heteroatoms. The van der Waals surface area contributed by atoms with Crippen molar-refractivity contribution in [1.29, 1.82) is 0 Å². The number of rotatable bonds is 6. The first-order valence-corrected chi connectivity index (χ1v) is 8.43. The third-order valence-electron chi connectivity index (χ3n) is 4.42. The Kier molecular flexibility index (Phi) is 4.47. The predicted molar refractivity (Wildman–Crippen MR) is 90.4 cm³/mol. The van der Waals surface area contributed by atoms with Crippen molar-refractivity contribution in [2.24, 2.45) is 0 Å². The average Bonchev–Trinajstić information content (AvgIpc) is 3.37. The Labute approximate surface area is 145 Å². The van der Waals surface area contributed by atoms with Crippen LogP contribution in [-0.4, -0.2) is 39.7 Å². The lowest BCUT2D eigenvalue weighted by atomic mass is 9.99. The zero-order valence-corrected chi connectivity index (χ0v) is 14.1. The molecular weight excluding hydrogens is 320 g/mol. The Bertz CT molecular complexity index is 822. The fourth-order valence-electron chi connectivity index (χ4n) is 3.16. The maximum atomic E-state index is 5.67. The Hall–Kier alpha value is -2.67. The molecule has 1 atom stereocenters. The van der Waals surface area contributed by atoms with Crippen LogP contribution < -0.4 is 4.74 Å². The maximum absolute atomic E-state index is 5.67. The molecule has 25 heavy (non-hydrogen) atoms. The van der Waals surface area contributed by atoms with Crippen molar-refractivity contribution < 1.29 is 14.1 Å². The normalized spacial score (nSPS) is 17.1. The number of aromatic nitrogens is 4. The first kappa shape index (κ1) is 15.8. The highest BCUT2D eigenvalue weighted by atomic mass is 16.6. The minimum atomic E-state index is 0.355. The van der Waals surface area contributed by atoms with E-state index in [0.29, 0.717) is 30.6 Å². The van der Waals surface area contributed by atoms with Gasteiger partial charge in [-0.05, 0) is 18.5 Å². The zero-order valence-electron chi connectivity index (χ0n) is 14.1. The molecule has 130 valence electrons. The average molecular weight is 340 g/mol. The molecule has 1 aliphatic heterocycles. The third-order valence-corrected chi connectivity index (χ3v) is 4.42. The molecule has 3 heterocycles. The highest BCUT2D eigenvalue weighted by Crippen LogP contribution is 2.33. The predicted octanol–water partition coefficient (Wildman–Crippen LogP) is 2.82. The molecule has 7 nitrogen and oxygen atoms in total. The van der Waals surface area contributed by atoms with E-state index in [1.807, 2.05) is 24.5 Å². The lowest BCUT2D eigenvalue weighted by Gasteiger charge is -2.15. The van der Waals surface area contributed by atoms with Gasteiger partial charge in [-0.15, -0.1) is 0 Å². The summed E-state index contributed by atoms with van der Waals surface area (Å²) in [6.45, 7) is 4.49. The molecule has 4 rings (SSSR count). The Morgan fingerprint density at radius 2 is 2.12 bits per heavy atom. The lowest BCUT2D eigenvalue weighted by Crippen LogP contribution is -2.14. The molecule has 0 bridgehead atoms. The lowest BCUT2D eigenvalue weighted by molar-refractivity contribution is 0.192. The van der Waals surface area contributed by atoms with Gasteiger partial charge in [0.1, 0.15) is 12.3 Å². The van der Waals surface area contributed by atoms with Gasteiger partial charge >= 0.3 is 0 Å². The standard InChI is InChI=1S/C18H20N4O3/c1-13-18(21-25-20-13)24-10-8-22-12-19-16(14-5-3-2-4-6-14)17(22)15-7-9-23-11-15/h2-6,12,15H,7-11H2,1H3. The van der Waals surface area contributed by atoms with Crippen molar-refractivity contribution in [3.63, 3.8) is 0 Å². The fourth-order valence-corrected chi connectivity index (χ4v) is 3.16. The van der Waals surface area contributed by atoms with Gasteiger partial charge in [-0.2, -0.15) is 0 Å². The summed E-state index contributed by atoms with van der Waals surface area (Å²) < 4.78 is 18.1. The molecule has 1 unspecified atom stereocenters. The highest BCUT2D eigenvalue weighted by Gasteiger charge is 2.25. The van der Waals surface area contributed by atoms with Gasteiger partial charge in [0.05, 0.1) is 30.9 Å².